The fourth-order valence-electron chi connectivity index (χ4n) is 3.73. The highest BCUT2D eigenvalue weighted by atomic mass is 14.7. The Bertz CT molecular complexity index is 197. The lowest BCUT2D eigenvalue weighted by Gasteiger charge is -2.38. The molecule has 2 fully saturated rings. The summed E-state index contributed by atoms with van der Waals surface area (Å²) in [4.78, 5) is 0. The average molecular weight is 167 g/mol. The Kier molecular flexibility index (Phi) is 1.61. The summed E-state index contributed by atoms with van der Waals surface area (Å²) in [6.07, 6.45) is 4.24. The second-order valence-electron chi connectivity index (χ2n) is 5.54. The molecule has 2 aliphatic rings. The molecule has 2 bridgehead atoms. The molecule has 2 rings (SSSR count). The Morgan fingerprint density at radius 1 is 1.33 bits per heavy atom. The molecular formula is C11H21N. The van der Waals surface area contributed by atoms with Gasteiger partial charge in [-0.2, -0.15) is 0 Å². The molecule has 2 N–H and O–H groups in total. The summed E-state index contributed by atoms with van der Waals surface area (Å²) in [7, 11) is 0. The summed E-state index contributed by atoms with van der Waals surface area (Å²) in [6.45, 7) is 8.24. The van der Waals surface area contributed by atoms with Crippen molar-refractivity contribution in [3.05, 3.63) is 0 Å². The van der Waals surface area contributed by atoms with Crippen molar-refractivity contribution in [2.45, 2.75) is 40.0 Å². The number of fused-ring (bicyclic) bond motifs is 2. The van der Waals surface area contributed by atoms with Gasteiger partial charge in [-0.1, -0.05) is 20.8 Å². The van der Waals surface area contributed by atoms with Crippen molar-refractivity contribution in [3.8, 4) is 0 Å². The minimum atomic E-state index is 0.548. The van der Waals surface area contributed by atoms with Crippen molar-refractivity contribution < 1.29 is 0 Å². The van der Waals surface area contributed by atoms with Crippen molar-refractivity contribution in [2.24, 2.45) is 28.4 Å². The van der Waals surface area contributed by atoms with Crippen LogP contribution in [0, 0.1) is 22.7 Å². The van der Waals surface area contributed by atoms with Crippen LogP contribution in [0.25, 0.3) is 0 Å². The fraction of sp³-hybridized carbons (Fsp3) is 1.00. The zero-order chi connectivity index (χ0) is 8.98. The van der Waals surface area contributed by atoms with Crippen LogP contribution in [0.3, 0.4) is 0 Å². The lowest BCUT2D eigenvalue weighted by molar-refractivity contribution is 0.107. The van der Waals surface area contributed by atoms with E-state index < -0.39 is 0 Å². The van der Waals surface area contributed by atoms with Gasteiger partial charge in [0.1, 0.15) is 0 Å². The van der Waals surface area contributed by atoms with Crippen molar-refractivity contribution in [2.75, 3.05) is 6.54 Å². The summed E-state index contributed by atoms with van der Waals surface area (Å²) in [5.41, 5.74) is 6.93. The van der Waals surface area contributed by atoms with Crippen LogP contribution in [0.1, 0.15) is 40.0 Å². The molecular weight excluding hydrogens is 146 g/mol. The smallest absolute Gasteiger partial charge is 0.00433 e. The van der Waals surface area contributed by atoms with Gasteiger partial charge < -0.3 is 5.73 Å². The maximum absolute atomic E-state index is 5.83. The topological polar surface area (TPSA) is 26.0 Å². The van der Waals surface area contributed by atoms with E-state index in [1.165, 1.54) is 19.3 Å². The zero-order valence-corrected chi connectivity index (χ0v) is 8.56. The van der Waals surface area contributed by atoms with E-state index in [4.69, 9.17) is 5.73 Å². The Labute approximate surface area is 75.7 Å². The molecule has 0 heterocycles. The molecule has 2 saturated carbocycles. The molecule has 3 atom stereocenters. The highest BCUT2D eigenvalue weighted by Gasteiger charge is 2.60. The second-order valence-corrected chi connectivity index (χ2v) is 5.54. The first kappa shape index (κ1) is 8.55. The molecule has 0 amide bonds. The molecule has 0 aromatic rings. The molecule has 12 heavy (non-hydrogen) atoms. The number of hydrogen-bond acceptors (Lipinski definition) is 1. The molecule has 0 aromatic carbocycles. The standard InChI is InChI=1S/C11H21N/c1-10(2)8-4-5-11(10,3)9(6-8)7-12/h8-9H,4-7,12H2,1-3H3. The van der Waals surface area contributed by atoms with Gasteiger partial charge in [0.2, 0.25) is 0 Å². The predicted octanol–water partition coefficient (Wildman–Crippen LogP) is 2.41. The van der Waals surface area contributed by atoms with E-state index in [-0.39, 0.29) is 0 Å². The van der Waals surface area contributed by atoms with E-state index in [0.717, 1.165) is 18.4 Å². The van der Waals surface area contributed by atoms with Crippen LogP contribution in [-0.2, 0) is 0 Å². The molecule has 0 aromatic heterocycles. The molecule has 3 unspecified atom stereocenters. The molecule has 0 spiro atoms. The lowest BCUT2D eigenvalue weighted by Crippen LogP contribution is -2.35. The largest absolute Gasteiger partial charge is 0.330 e. The van der Waals surface area contributed by atoms with E-state index in [2.05, 4.69) is 20.8 Å². The summed E-state index contributed by atoms with van der Waals surface area (Å²) in [5.74, 6) is 1.75. The molecule has 1 nitrogen and oxygen atoms in total. The lowest BCUT2D eigenvalue weighted by atomic mass is 9.67. The molecule has 0 radical (unpaired) electrons. The van der Waals surface area contributed by atoms with Gasteiger partial charge in [-0.05, 0) is 48.5 Å². The Hall–Kier alpha value is -0.0400. The minimum absolute atomic E-state index is 0.548. The fourth-order valence-corrected chi connectivity index (χ4v) is 3.73. The van der Waals surface area contributed by atoms with Gasteiger partial charge in [-0.3, -0.25) is 0 Å². The molecule has 0 aliphatic heterocycles. The van der Waals surface area contributed by atoms with E-state index in [1.807, 2.05) is 0 Å². The van der Waals surface area contributed by atoms with Crippen LogP contribution in [0.2, 0.25) is 0 Å². The van der Waals surface area contributed by atoms with Crippen molar-refractivity contribution >= 4 is 0 Å². The molecule has 0 saturated heterocycles. The second kappa shape index (κ2) is 2.25. The highest BCUT2D eigenvalue weighted by Crippen LogP contribution is 2.67. The molecule has 1 heteroatoms. The molecule has 70 valence electrons. The first-order chi connectivity index (χ1) is 5.52. The van der Waals surface area contributed by atoms with Crippen LogP contribution in [0.15, 0.2) is 0 Å². The summed E-state index contributed by atoms with van der Waals surface area (Å²) in [6, 6.07) is 0. The first-order valence-electron chi connectivity index (χ1n) is 5.22. The maximum atomic E-state index is 5.83. The van der Waals surface area contributed by atoms with Gasteiger partial charge in [-0.15, -0.1) is 0 Å². The van der Waals surface area contributed by atoms with Crippen LogP contribution < -0.4 is 5.73 Å². The van der Waals surface area contributed by atoms with Gasteiger partial charge in [0, 0.05) is 0 Å². The average Bonchev–Trinajstić information content (AvgIpc) is 2.34. The van der Waals surface area contributed by atoms with Crippen molar-refractivity contribution in [1.29, 1.82) is 0 Å². The van der Waals surface area contributed by atoms with Gasteiger partial charge in [0.05, 0.1) is 0 Å². The quantitative estimate of drug-likeness (QED) is 0.637. The monoisotopic (exact) mass is 167 g/mol. The Morgan fingerprint density at radius 3 is 2.25 bits per heavy atom. The normalized spacial score (nSPS) is 50.0. The maximum Gasteiger partial charge on any atom is -0.00433 e. The van der Waals surface area contributed by atoms with E-state index >= 15 is 0 Å². The first-order valence-corrected chi connectivity index (χ1v) is 5.22. The van der Waals surface area contributed by atoms with E-state index in [1.54, 1.807) is 0 Å². The van der Waals surface area contributed by atoms with Crippen LogP contribution in [-0.4, -0.2) is 6.54 Å². The van der Waals surface area contributed by atoms with E-state index in [9.17, 15) is 0 Å². The Balaban J connectivity index is 2.33. The summed E-state index contributed by atoms with van der Waals surface area (Å²) < 4.78 is 0. The summed E-state index contributed by atoms with van der Waals surface area (Å²) in [5, 5.41) is 0. The van der Waals surface area contributed by atoms with Gasteiger partial charge >= 0.3 is 0 Å². The van der Waals surface area contributed by atoms with Crippen molar-refractivity contribution in [1.82, 2.24) is 0 Å². The third-order valence-corrected chi connectivity index (χ3v) is 5.26. The zero-order valence-electron chi connectivity index (χ0n) is 8.56. The number of rotatable bonds is 1. The van der Waals surface area contributed by atoms with Gasteiger partial charge in [-0.25, -0.2) is 0 Å². The number of nitrogens with two attached hydrogens (primary N) is 1. The third kappa shape index (κ3) is 0.736. The minimum Gasteiger partial charge on any atom is -0.330 e. The highest BCUT2D eigenvalue weighted by molar-refractivity contribution is 5.10. The van der Waals surface area contributed by atoms with Gasteiger partial charge in [0.15, 0.2) is 0 Å². The predicted molar refractivity (Wildman–Crippen MR) is 51.8 cm³/mol. The third-order valence-electron chi connectivity index (χ3n) is 5.26. The van der Waals surface area contributed by atoms with Crippen molar-refractivity contribution in [3.63, 3.8) is 0 Å². The van der Waals surface area contributed by atoms with Gasteiger partial charge in [0.25, 0.3) is 0 Å². The Morgan fingerprint density at radius 2 is 2.00 bits per heavy atom. The summed E-state index contributed by atoms with van der Waals surface area (Å²) >= 11 is 0. The van der Waals surface area contributed by atoms with Crippen LogP contribution in [0.4, 0.5) is 0 Å². The SMILES string of the molecule is CC1(C)C2CCC1(C)C(CN)C2. The van der Waals surface area contributed by atoms with E-state index in [0.29, 0.717) is 10.8 Å². The number of hydrogen-bond donors (Lipinski definition) is 1. The molecule has 2 aliphatic carbocycles. The van der Waals surface area contributed by atoms with Crippen LogP contribution in [0.5, 0.6) is 0 Å². The van der Waals surface area contributed by atoms with Crippen LogP contribution >= 0.6 is 0 Å².